The number of sulfonamides is 1. The number of amides is 2. The summed E-state index contributed by atoms with van der Waals surface area (Å²) in [6.07, 6.45) is 3.34. The highest BCUT2D eigenvalue weighted by molar-refractivity contribution is 7.89. The van der Waals surface area contributed by atoms with Gasteiger partial charge in [0.1, 0.15) is 6.61 Å². The topological polar surface area (TPSA) is 96.0 Å². The van der Waals surface area contributed by atoms with E-state index in [1.807, 2.05) is 24.3 Å². The zero-order valence-corrected chi connectivity index (χ0v) is 18.5. The lowest BCUT2D eigenvalue weighted by atomic mass is 9.94. The van der Waals surface area contributed by atoms with Crippen molar-refractivity contribution in [2.75, 3.05) is 33.4 Å². The minimum atomic E-state index is -3.77. The molecule has 2 aromatic carbocycles. The lowest BCUT2D eigenvalue weighted by Gasteiger charge is -2.35. The Hall–Kier alpha value is -3.01. The van der Waals surface area contributed by atoms with Gasteiger partial charge in [-0.2, -0.15) is 4.31 Å². The van der Waals surface area contributed by atoms with Crippen molar-refractivity contribution < 1.29 is 22.7 Å². The fraction of sp³-hybridized carbons (Fsp3) is 0.304. The molecule has 1 N–H and O–H groups in total. The van der Waals surface area contributed by atoms with Gasteiger partial charge in [-0.25, -0.2) is 8.42 Å². The second kappa shape index (κ2) is 9.23. The molecular weight excluding hydrogens is 430 g/mol. The number of nitrogens with zero attached hydrogens (tertiary/aromatic N) is 2. The fourth-order valence-electron chi connectivity index (χ4n) is 3.88. The second-order valence-corrected chi connectivity index (χ2v) is 9.85. The first-order chi connectivity index (χ1) is 15.4. The summed E-state index contributed by atoms with van der Waals surface area (Å²) in [5.41, 5.74) is 2.18. The SMILES string of the molecule is CN1C/C=C/COCC(=O)NC2CN(Cc3ccccc32)C(=O)c2cccc(c2)S1(=O)=O. The van der Waals surface area contributed by atoms with Crippen LogP contribution in [0.25, 0.3) is 0 Å². The molecule has 32 heavy (non-hydrogen) atoms. The van der Waals surface area contributed by atoms with Crippen LogP contribution in [0.3, 0.4) is 0 Å². The van der Waals surface area contributed by atoms with Gasteiger partial charge in [-0.1, -0.05) is 42.5 Å². The van der Waals surface area contributed by atoms with E-state index in [2.05, 4.69) is 5.32 Å². The predicted octanol–water partition coefficient (Wildman–Crippen LogP) is 1.71. The molecule has 0 saturated heterocycles. The number of rotatable bonds is 0. The Labute approximate surface area is 187 Å². The summed E-state index contributed by atoms with van der Waals surface area (Å²) in [6, 6.07) is 13.3. The number of likely N-dealkylation sites (N-methyl/N-ethyl adjacent to an activating group) is 1. The number of carbonyl (C=O) groups excluding carboxylic acids is 2. The molecule has 0 spiro atoms. The zero-order chi connectivity index (χ0) is 22.7. The van der Waals surface area contributed by atoms with Crippen molar-refractivity contribution in [3.05, 3.63) is 77.4 Å². The van der Waals surface area contributed by atoms with Gasteiger partial charge >= 0.3 is 0 Å². The zero-order valence-electron chi connectivity index (χ0n) is 17.7. The van der Waals surface area contributed by atoms with E-state index in [-0.39, 0.29) is 54.6 Å². The van der Waals surface area contributed by atoms with E-state index in [0.717, 1.165) is 11.1 Å². The molecule has 2 heterocycles. The van der Waals surface area contributed by atoms with Crippen LogP contribution < -0.4 is 5.32 Å². The maximum Gasteiger partial charge on any atom is 0.254 e. The van der Waals surface area contributed by atoms with Gasteiger partial charge in [-0.05, 0) is 29.3 Å². The number of benzene rings is 2. The van der Waals surface area contributed by atoms with Gasteiger partial charge in [0, 0.05) is 32.2 Å². The minimum Gasteiger partial charge on any atom is -0.368 e. The average Bonchev–Trinajstić information content (AvgIpc) is 2.80. The van der Waals surface area contributed by atoms with Crippen LogP contribution in [-0.4, -0.2) is 62.8 Å². The van der Waals surface area contributed by atoms with Crippen molar-refractivity contribution in [2.24, 2.45) is 0 Å². The Morgan fingerprint density at radius 1 is 1.06 bits per heavy atom. The highest BCUT2D eigenvalue weighted by Gasteiger charge is 2.30. The number of fused-ring (bicyclic) bond motifs is 6. The van der Waals surface area contributed by atoms with Gasteiger partial charge in [0.15, 0.2) is 0 Å². The molecule has 1 atom stereocenters. The molecule has 0 fully saturated rings. The fourth-order valence-corrected chi connectivity index (χ4v) is 5.05. The Morgan fingerprint density at radius 2 is 1.88 bits per heavy atom. The maximum absolute atomic E-state index is 13.3. The molecule has 8 nitrogen and oxygen atoms in total. The molecule has 0 aromatic heterocycles. The lowest BCUT2D eigenvalue weighted by molar-refractivity contribution is -0.126. The lowest BCUT2D eigenvalue weighted by Crippen LogP contribution is -2.45. The Kier molecular flexibility index (Phi) is 6.40. The van der Waals surface area contributed by atoms with Gasteiger partial charge in [0.2, 0.25) is 15.9 Å². The number of ether oxygens (including phenoxy) is 1. The van der Waals surface area contributed by atoms with Crippen molar-refractivity contribution in [1.82, 2.24) is 14.5 Å². The standard InChI is InChI=1S/C23H25N3O5S/c1-25-11-4-5-12-31-16-22(27)24-21-15-26(14-18-7-2-3-10-20(18)21)23(28)17-8-6-9-19(13-17)32(25,29)30/h2-10,13,21H,11-12,14-16H2,1H3,(H,24,27)/b5-4+. The Bertz CT molecular complexity index is 1160. The normalized spacial score (nSPS) is 23.0. The van der Waals surface area contributed by atoms with Crippen LogP contribution in [0.1, 0.15) is 27.5 Å². The van der Waals surface area contributed by atoms with Crippen molar-refractivity contribution in [2.45, 2.75) is 17.5 Å². The second-order valence-electron chi connectivity index (χ2n) is 7.80. The molecule has 2 aliphatic heterocycles. The van der Waals surface area contributed by atoms with Crippen molar-refractivity contribution in [3.63, 3.8) is 0 Å². The molecule has 2 amide bonds. The monoisotopic (exact) mass is 455 g/mol. The summed E-state index contributed by atoms with van der Waals surface area (Å²) in [5, 5.41) is 2.96. The molecule has 2 aromatic rings. The van der Waals surface area contributed by atoms with Gasteiger partial charge in [-0.15, -0.1) is 0 Å². The third-order valence-electron chi connectivity index (χ3n) is 5.58. The summed E-state index contributed by atoms with van der Waals surface area (Å²) in [5.74, 6) is -0.572. The van der Waals surface area contributed by atoms with E-state index in [1.165, 1.54) is 23.5 Å². The van der Waals surface area contributed by atoms with Gasteiger partial charge in [0.25, 0.3) is 5.91 Å². The van der Waals surface area contributed by atoms with Crippen LogP contribution in [0.2, 0.25) is 0 Å². The number of nitrogens with one attached hydrogen (secondary N) is 1. The summed E-state index contributed by atoms with van der Waals surface area (Å²) in [7, 11) is -2.30. The maximum atomic E-state index is 13.3. The summed E-state index contributed by atoms with van der Waals surface area (Å²) in [6.45, 7) is 0.838. The first-order valence-corrected chi connectivity index (χ1v) is 11.8. The van der Waals surface area contributed by atoms with E-state index in [1.54, 1.807) is 29.2 Å². The first kappa shape index (κ1) is 22.2. The molecule has 168 valence electrons. The molecule has 2 aliphatic rings. The minimum absolute atomic E-state index is 0.0575. The average molecular weight is 456 g/mol. The highest BCUT2D eigenvalue weighted by atomic mass is 32.2. The quantitative estimate of drug-likeness (QED) is 0.610. The first-order valence-electron chi connectivity index (χ1n) is 10.3. The van der Waals surface area contributed by atoms with Crippen LogP contribution >= 0.6 is 0 Å². The molecule has 1 unspecified atom stereocenters. The molecule has 0 radical (unpaired) electrons. The van der Waals surface area contributed by atoms with Crippen LogP contribution in [0.4, 0.5) is 0 Å². The molecule has 9 heteroatoms. The van der Waals surface area contributed by atoms with Crippen molar-refractivity contribution in [1.29, 1.82) is 0 Å². The van der Waals surface area contributed by atoms with Crippen LogP contribution in [0.15, 0.2) is 65.6 Å². The van der Waals surface area contributed by atoms with Gasteiger partial charge in [-0.3, -0.25) is 9.59 Å². The molecule has 0 saturated carbocycles. The number of carbonyl (C=O) groups is 2. The van der Waals surface area contributed by atoms with E-state index in [0.29, 0.717) is 6.54 Å². The van der Waals surface area contributed by atoms with Crippen LogP contribution in [0, 0.1) is 0 Å². The van der Waals surface area contributed by atoms with E-state index in [9.17, 15) is 18.0 Å². The largest absolute Gasteiger partial charge is 0.368 e. The molecule has 4 rings (SSSR count). The van der Waals surface area contributed by atoms with Crippen molar-refractivity contribution >= 4 is 21.8 Å². The third-order valence-corrected chi connectivity index (χ3v) is 7.40. The van der Waals surface area contributed by atoms with Gasteiger partial charge in [0.05, 0.1) is 17.5 Å². The highest BCUT2D eigenvalue weighted by Crippen LogP contribution is 2.28. The smallest absolute Gasteiger partial charge is 0.254 e. The third kappa shape index (κ3) is 4.59. The van der Waals surface area contributed by atoms with Crippen LogP contribution in [-0.2, 0) is 26.1 Å². The van der Waals surface area contributed by atoms with E-state index < -0.39 is 10.0 Å². The number of hydrogen-bond donors (Lipinski definition) is 1. The molecule has 0 aliphatic carbocycles. The van der Waals surface area contributed by atoms with Gasteiger partial charge < -0.3 is 15.0 Å². The predicted molar refractivity (Wildman–Crippen MR) is 118 cm³/mol. The summed E-state index contributed by atoms with van der Waals surface area (Å²) < 4.78 is 32.5. The van der Waals surface area contributed by atoms with Crippen molar-refractivity contribution in [3.8, 4) is 0 Å². The number of hydrogen-bond acceptors (Lipinski definition) is 5. The Morgan fingerprint density at radius 3 is 2.72 bits per heavy atom. The summed E-state index contributed by atoms with van der Waals surface area (Å²) in [4.78, 5) is 27.5. The molecule has 4 bridgehead atoms. The van der Waals surface area contributed by atoms with E-state index >= 15 is 0 Å². The molecular formula is C23H25N3O5S. The van der Waals surface area contributed by atoms with E-state index in [4.69, 9.17) is 4.74 Å². The summed E-state index contributed by atoms with van der Waals surface area (Å²) >= 11 is 0. The Balaban J connectivity index is 1.73. The van der Waals surface area contributed by atoms with Crippen LogP contribution in [0.5, 0.6) is 0 Å².